The summed E-state index contributed by atoms with van der Waals surface area (Å²) in [7, 11) is 1.73. The summed E-state index contributed by atoms with van der Waals surface area (Å²) >= 11 is 3.30. The zero-order chi connectivity index (χ0) is 13.0. The molecule has 2 heterocycles. The fourth-order valence-electron chi connectivity index (χ4n) is 1.24. The van der Waals surface area contributed by atoms with E-state index in [1.807, 2.05) is 0 Å². The van der Waals surface area contributed by atoms with Crippen LogP contribution in [-0.4, -0.2) is 28.1 Å². The minimum Gasteiger partial charge on any atom is -0.372 e. The van der Waals surface area contributed by atoms with Gasteiger partial charge in [-0.15, -0.1) is 10.2 Å². The van der Waals surface area contributed by atoms with E-state index < -0.39 is 0 Å². The van der Waals surface area contributed by atoms with Crippen LogP contribution in [0.15, 0.2) is 34.9 Å². The Labute approximate surface area is 112 Å². The van der Waals surface area contributed by atoms with Crippen molar-refractivity contribution < 1.29 is 4.79 Å². The molecule has 0 saturated carbocycles. The molecule has 0 spiro atoms. The van der Waals surface area contributed by atoms with Gasteiger partial charge in [-0.1, -0.05) is 0 Å². The van der Waals surface area contributed by atoms with Crippen LogP contribution in [0.4, 0.5) is 11.6 Å². The number of hydrogen-bond acceptors (Lipinski definition) is 5. The van der Waals surface area contributed by atoms with Gasteiger partial charge in [0, 0.05) is 13.2 Å². The summed E-state index contributed by atoms with van der Waals surface area (Å²) in [5.41, 5.74) is 0.228. The first kappa shape index (κ1) is 12.4. The smallest absolute Gasteiger partial charge is 0.277 e. The van der Waals surface area contributed by atoms with Crippen LogP contribution in [0, 0.1) is 0 Å². The summed E-state index contributed by atoms with van der Waals surface area (Å²) < 4.78 is 0.707. The van der Waals surface area contributed by atoms with E-state index in [1.54, 1.807) is 37.5 Å². The van der Waals surface area contributed by atoms with Gasteiger partial charge in [-0.3, -0.25) is 4.79 Å². The highest BCUT2D eigenvalue weighted by Crippen LogP contribution is 2.18. The predicted octanol–water partition coefficient (Wildman–Crippen LogP) is 1.93. The summed E-state index contributed by atoms with van der Waals surface area (Å²) in [6, 6.07) is 6.82. The van der Waals surface area contributed by atoms with Crippen LogP contribution in [0.3, 0.4) is 0 Å². The van der Waals surface area contributed by atoms with Gasteiger partial charge in [0.25, 0.3) is 5.91 Å². The normalized spacial score (nSPS) is 9.89. The molecule has 0 radical (unpaired) electrons. The highest BCUT2D eigenvalue weighted by Gasteiger charge is 2.10. The fraction of sp³-hybridized carbons (Fsp3) is 0.0909. The van der Waals surface area contributed by atoms with Crippen LogP contribution in [0.25, 0.3) is 0 Å². The Kier molecular flexibility index (Phi) is 3.83. The largest absolute Gasteiger partial charge is 0.372 e. The number of pyridine rings is 1. The highest BCUT2D eigenvalue weighted by molar-refractivity contribution is 9.10. The first-order chi connectivity index (χ1) is 8.70. The lowest BCUT2D eigenvalue weighted by atomic mass is 10.3. The van der Waals surface area contributed by atoms with Crippen molar-refractivity contribution in [1.82, 2.24) is 15.2 Å². The molecule has 6 nitrogen and oxygen atoms in total. The quantitative estimate of drug-likeness (QED) is 0.905. The average molecular weight is 308 g/mol. The molecule has 7 heteroatoms. The van der Waals surface area contributed by atoms with Crippen LogP contribution in [-0.2, 0) is 0 Å². The lowest BCUT2D eigenvalue weighted by Gasteiger charge is -2.05. The summed E-state index contributed by atoms with van der Waals surface area (Å²) in [6.07, 6.45) is 1.59. The van der Waals surface area contributed by atoms with Crippen molar-refractivity contribution in [3.63, 3.8) is 0 Å². The van der Waals surface area contributed by atoms with Crippen LogP contribution < -0.4 is 10.6 Å². The van der Waals surface area contributed by atoms with Crippen molar-refractivity contribution in [1.29, 1.82) is 0 Å². The average Bonchev–Trinajstić information content (AvgIpc) is 2.41. The van der Waals surface area contributed by atoms with Crippen molar-refractivity contribution in [2.24, 2.45) is 0 Å². The summed E-state index contributed by atoms with van der Waals surface area (Å²) in [5, 5.41) is 13.1. The first-order valence-corrected chi connectivity index (χ1v) is 5.93. The fourth-order valence-corrected chi connectivity index (χ4v) is 1.59. The number of carbonyl (C=O) groups excluding carboxylic acids is 1. The first-order valence-electron chi connectivity index (χ1n) is 5.14. The molecule has 2 aromatic heterocycles. The second-order valence-corrected chi connectivity index (χ2v) is 4.20. The van der Waals surface area contributed by atoms with E-state index in [4.69, 9.17) is 0 Å². The number of aromatic nitrogens is 3. The molecule has 0 saturated heterocycles. The molecule has 0 atom stereocenters. The molecule has 0 aliphatic carbocycles. The van der Waals surface area contributed by atoms with E-state index in [2.05, 4.69) is 41.7 Å². The minimum absolute atomic E-state index is 0.228. The van der Waals surface area contributed by atoms with E-state index in [0.29, 0.717) is 16.1 Å². The van der Waals surface area contributed by atoms with Gasteiger partial charge in [-0.25, -0.2) is 4.98 Å². The lowest BCUT2D eigenvalue weighted by Crippen LogP contribution is -2.15. The standard InChI is InChI=1S/C11H10BrN5O/c1-13-9-5-4-8(16-17-9)11(18)15-10-7(12)3-2-6-14-10/h2-6H,1H3,(H,13,17)(H,14,15,18). The summed E-state index contributed by atoms with van der Waals surface area (Å²) in [6.45, 7) is 0. The highest BCUT2D eigenvalue weighted by atomic mass is 79.9. The number of rotatable bonds is 3. The Morgan fingerprint density at radius 3 is 2.72 bits per heavy atom. The number of halogens is 1. The third-order valence-corrected chi connectivity index (χ3v) is 2.78. The van der Waals surface area contributed by atoms with Gasteiger partial charge >= 0.3 is 0 Å². The van der Waals surface area contributed by atoms with Gasteiger partial charge < -0.3 is 10.6 Å². The molecule has 0 aliphatic heterocycles. The zero-order valence-corrected chi connectivity index (χ0v) is 11.1. The molecule has 1 amide bonds. The van der Waals surface area contributed by atoms with Gasteiger partial charge in [0.2, 0.25) is 0 Å². The maximum Gasteiger partial charge on any atom is 0.277 e. The molecule has 2 rings (SSSR count). The Morgan fingerprint density at radius 1 is 1.28 bits per heavy atom. The molecule has 2 aromatic rings. The topological polar surface area (TPSA) is 79.8 Å². The molecular formula is C11H10BrN5O. The van der Waals surface area contributed by atoms with Gasteiger partial charge in [0.1, 0.15) is 11.6 Å². The van der Waals surface area contributed by atoms with Crippen molar-refractivity contribution in [2.45, 2.75) is 0 Å². The monoisotopic (exact) mass is 307 g/mol. The maximum absolute atomic E-state index is 11.9. The van der Waals surface area contributed by atoms with Crippen molar-refractivity contribution in [3.8, 4) is 0 Å². The Bertz CT molecular complexity index is 558. The number of anilines is 2. The molecule has 0 unspecified atom stereocenters. The van der Waals surface area contributed by atoms with Crippen LogP contribution >= 0.6 is 15.9 Å². The van der Waals surface area contributed by atoms with Gasteiger partial charge in [0.15, 0.2) is 5.69 Å². The Hall–Kier alpha value is -2.02. The van der Waals surface area contributed by atoms with Crippen LogP contribution in [0.1, 0.15) is 10.5 Å². The third-order valence-electron chi connectivity index (χ3n) is 2.14. The molecule has 18 heavy (non-hydrogen) atoms. The van der Waals surface area contributed by atoms with E-state index in [0.717, 1.165) is 0 Å². The molecule has 0 bridgehead atoms. The second kappa shape index (κ2) is 5.54. The van der Waals surface area contributed by atoms with Crippen molar-refractivity contribution in [2.75, 3.05) is 17.7 Å². The number of hydrogen-bond donors (Lipinski definition) is 2. The zero-order valence-electron chi connectivity index (χ0n) is 9.51. The van der Waals surface area contributed by atoms with E-state index in [1.165, 1.54) is 0 Å². The van der Waals surface area contributed by atoms with Gasteiger partial charge in [-0.05, 0) is 40.2 Å². The molecule has 2 N–H and O–H groups in total. The van der Waals surface area contributed by atoms with Crippen molar-refractivity contribution in [3.05, 3.63) is 40.6 Å². The molecule has 0 aromatic carbocycles. The van der Waals surface area contributed by atoms with Crippen LogP contribution in [0.5, 0.6) is 0 Å². The summed E-state index contributed by atoms with van der Waals surface area (Å²) in [5.74, 6) is 0.692. The lowest BCUT2D eigenvalue weighted by molar-refractivity contribution is 0.102. The Balaban J connectivity index is 2.14. The van der Waals surface area contributed by atoms with E-state index >= 15 is 0 Å². The number of nitrogens with one attached hydrogen (secondary N) is 2. The number of amides is 1. The van der Waals surface area contributed by atoms with E-state index in [9.17, 15) is 4.79 Å². The second-order valence-electron chi connectivity index (χ2n) is 3.34. The molecule has 0 fully saturated rings. The van der Waals surface area contributed by atoms with Crippen molar-refractivity contribution >= 4 is 33.5 Å². The molecule has 0 aliphatic rings. The third kappa shape index (κ3) is 2.80. The number of nitrogens with zero attached hydrogens (tertiary/aromatic N) is 3. The maximum atomic E-state index is 11.9. The minimum atomic E-state index is -0.357. The van der Waals surface area contributed by atoms with Gasteiger partial charge in [0.05, 0.1) is 4.47 Å². The number of carbonyl (C=O) groups is 1. The molecular weight excluding hydrogens is 298 g/mol. The Morgan fingerprint density at radius 2 is 2.11 bits per heavy atom. The van der Waals surface area contributed by atoms with E-state index in [-0.39, 0.29) is 11.6 Å². The van der Waals surface area contributed by atoms with Crippen LogP contribution in [0.2, 0.25) is 0 Å². The predicted molar refractivity (Wildman–Crippen MR) is 71.5 cm³/mol. The van der Waals surface area contributed by atoms with Gasteiger partial charge in [-0.2, -0.15) is 0 Å². The molecule has 92 valence electrons. The SMILES string of the molecule is CNc1ccc(C(=O)Nc2ncccc2Br)nn1. The summed E-state index contributed by atoms with van der Waals surface area (Å²) in [4.78, 5) is 15.9.